The van der Waals surface area contributed by atoms with Gasteiger partial charge in [-0.2, -0.15) is 0 Å². The van der Waals surface area contributed by atoms with Gasteiger partial charge in [0.1, 0.15) is 0 Å². The van der Waals surface area contributed by atoms with Crippen molar-refractivity contribution in [2.45, 2.75) is 44.2 Å². The fraction of sp³-hybridized carbons (Fsp3) is 0.667. The number of rotatable bonds is 8. The van der Waals surface area contributed by atoms with Crippen LogP contribution in [0.4, 0.5) is 0 Å². The van der Waals surface area contributed by atoms with E-state index in [0.29, 0.717) is 11.7 Å². The second-order valence-corrected chi connectivity index (χ2v) is 4.89. The molecule has 0 radical (unpaired) electrons. The minimum absolute atomic E-state index is 0.112. The van der Waals surface area contributed by atoms with Crippen molar-refractivity contribution < 1.29 is 14.3 Å². The van der Waals surface area contributed by atoms with Gasteiger partial charge >= 0.3 is 0 Å². The topological polar surface area (TPSA) is 47.6 Å². The van der Waals surface area contributed by atoms with Crippen LogP contribution in [0.3, 0.4) is 0 Å². The third-order valence-electron chi connectivity index (χ3n) is 3.39. The Morgan fingerprint density at radius 2 is 2.00 bits per heavy atom. The normalized spacial score (nSPS) is 22.8. The first kappa shape index (κ1) is 15.9. The SMILES string of the molecule is C=CC(=C)C(=O)N[C@H]1CC[C@H](OCCCOC)CC1. The summed E-state index contributed by atoms with van der Waals surface area (Å²) in [5, 5.41) is 2.98. The molecule has 19 heavy (non-hydrogen) atoms. The van der Waals surface area contributed by atoms with Gasteiger partial charge in [-0.1, -0.05) is 19.2 Å². The molecule has 1 fully saturated rings. The lowest BCUT2D eigenvalue weighted by Gasteiger charge is -2.29. The van der Waals surface area contributed by atoms with Gasteiger partial charge < -0.3 is 14.8 Å². The van der Waals surface area contributed by atoms with E-state index in [4.69, 9.17) is 9.47 Å². The highest BCUT2D eigenvalue weighted by Gasteiger charge is 2.22. The van der Waals surface area contributed by atoms with E-state index < -0.39 is 0 Å². The number of methoxy groups -OCH3 is 1. The minimum Gasteiger partial charge on any atom is -0.385 e. The van der Waals surface area contributed by atoms with Crippen LogP contribution in [-0.4, -0.2) is 38.4 Å². The molecule has 0 aromatic carbocycles. The van der Waals surface area contributed by atoms with Gasteiger partial charge in [-0.15, -0.1) is 0 Å². The molecule has 1 saturated carbocycles. The summed E-state index contributed by atoms with van der Waals surface area (Å²) in [5.74, 6) is -0.112. The van der Waals surface area contributed by atoms with Crippen LogP contribution >= 0.6 is 0 Å². The molecular weight excluding hydrogens is 242 g/mol. The standard InChI is InChI=1S/C15H25NO3/c1-4-12(2)15(17)16-13-6-8-14(9-7-13)19-11-5-10-18-3/h4,13-14H,1-2,5-11H2,3H3,(H,16,17)/t13-,14-. The van der Waals surface area contributed by atoms with E-state index in [9.17, 15) is 4.79 Å². The molecule has 1 amide bonds. The van der Waals surface area contributed by atoms with Crippen LogP contribution in [0.1, 0.15) is 32.1 Å². The van der Waals surface area contributed by atoms with Crippen LogP contribution < -0.4 is 5.32 Å². The third kappa shape index (κ3) is 6.03. The van der Waals surface area contributed by atoms with Crippen molar-refractivity contribution in [1.29, 1.82) is 0 Å². The molecule has 4 nitrogen and oxygen atoms in total. The molecule has 1 rings (SSSR count). The molecule has 4 heteroatoms. The van der Waals surface area contributed by atoms with Crippen LogP contribution in [0, 0.1) is 0 Å². The highest BCUT2D eigenvalue weighted by atomic mass is 16.5. The zero-order chi connectivity index (χ0) is 14.1. The monoisotopic (exact) mass is 267 g/mol. The minimum atomic E-state index is -0.112. The number of ether oxygens (including phenoxy) is 2. The summed E-state index contributed by atoms with van der Waals surface area (Å²) in [5.41, 5.74) is 0.429. The number of hydrogen-bond acceptors (Lipinski definition) is 3. The Kier molecular flexibility index (Phi) is 7.45. The molecule has 108 valence electrons. The molecule has 0 heterocycles. The van der Waals surface area contributed by atoms with Crippen molar-refractivity contribution in [2.75, 3.05) is 20.3 Å². The van der Waals surface area contributed by atoms with E-state index >= 15 is 0 Å². The highest BCUT2D eigenvalue weighted by molar-refractivity contribution is 5.95. The first-order valence-corrected chi connectivity index (χ1v) is 6.90. The van der Waals surface area contributed by atoms with Crippen molar-refractivity contribution in [3.8, 4) is 0 Å². The van der Waals surface area contributed by atoms with Crippen LogP contribution in [0.2, 0.25) is 0 Å². The van der Waals surface area contributed by atoms with Crippen molar-refractivity contribution >= 4 is 5.91 Å². The zero-order valence-corrected chi connectivity index (χ0v) is 11.8. The highest BCUT2D eigenvalue weighted by Crippen LogP contribution is 2.21. The summed E-state index contributed by atoms with van der Waals surface area (Å²) in [4.78, 5) is 11.6. The van der Waals surface area contributed by atoms with E-state index in [-0.39, 0.29) is 11.9 Å². The lowest BCUT2D eigenvalue weighted by atomic mass is 9.92. The van der Waals surface area contributed by atoms with Crippen molar-refractivity contribution in [3.05, 3.63) is 24.8 Å². The number of amides is 1. The Hall–Kier alpha value is -1.13. The van der Waals surface area contributed by atoms with Gasteiger partial charge in [0.15, 0.2) is 0 Å². The molecule has 0 aliphatic heterocycles. The molecule has 0 unspecified atom stereocenters. The Balaban J connectivity index is 2.16. The summed E-state index contributed by atoms with van der Waals surface area (Å²) >= 11 is 0. The number of nitrogens with one attached hydrogen (secondary N) is 1. The van der Waals surface area contributed by atoms with Crippen LogP contribution in [0.5, 0.6) is 0 Å². The maximum Gasteiger partial charge on any atom is 0.250 e. The quantitative estimate of drug-likeness (QED) is 0.417. The van der Waals surface area contributed by atoms with Crippen molar-refractivity contribution in [2.24, 2.45) is 0 Å². The van der Waals surface area contributed by atoms with Gasteiger partial charge in [-0.25, -0.2) is 0 Å². The number of hydrogen-bond donors (Lipinski definition) is 1. The fourth-order valence-corrected chi connectivity index (χ4v) is 2.20. The summed E-state index contributed by atoms with van der Waals surface area (Å²) in [6.07, 6.45) is 6.67. The molecule has 0 spiro atoms. The molecule has 1 N–H and O–H groups in total. The Labute approximate surface area is 115 Å². The lowest BCUT2D eigenvalue weighted by molar-refractivity contribution is -0.118. The maximum absolute atomic E-state index is 11.6. The molecule has 0 aromatic heterocycles. The summed E-state index contributed by atoms with van der Waals surface area (Å²) < 4.78 is 10.8. The maximum atomic E-state index is 11.6. The molecule has 0 aromatic rings. The van der Waals surface area contributed by atoms with E-state index in [1.54, 1.807) is 7.11 Å². The van der Waals surface area contributed by atoms with Crippen molar-refractivity contribution in [1.82, 2.24) is 5.32 Å². The molecular formula is C15H25NO3. The van der Waals surface area contributed by atoms with Crippen LogP contribution in [0.15, 0.2) is 24.8 Å². The number of carbonyl (C=O) groups is 1. The van der Waals surface area contributed by atoms with Gasteiger partial charge in [-0.3, -0.25) is 4.79 Å². The van der Waals surface area contributed by atoms with Crippen molar-refractivity contribution in [3.63, 3.8) is 0 Å². The average Bonchev–Trinajstić information content (AvgIpc) is 2.44. The van der Waals surface area contributed by atoms with E-state index in [1.165, 1.54) is 6.08 Å². The van der Waals surface area contributed by atoms with Gasteiger partial charge in [0.2, 0.25) is 0 Å². The van der Waals surface area contributed by atoms with E-state index in [2.05, 4.69) is 18.5 Å². The molecule has 0 saturated heterocycles. The van der Waals surface area contributed by atoms with Crippen LogP contribution in [-0.2, 0) is 14.3 Å². The second-order valence-electron chi connectivity index (χ2n) is 4.89. The first-order chi connectivity index (χ1) is 9.17. The number of carbonyl (C=O) groups excluding carboxylic acids is 1. The van der Waals surface area contributed by atoms with E-state index in [1.807, 2.05) is 0 Å². The lowest BCUT2D eigenvalue weighted by Crippen LogP contribution is -2.39. The smallest absolute Gasteiger partial charge is 0.250 e. The summed E-state index contributed by atoms with van der Waals surface area (Å²) in [6.45, 7) is 8.69. The Morgan fingerprint density at radius 3 is 2.58 bits per heavy atom. The first-order valence-electron chi connectivity index (χ1n) is 6.90. The molecule has 0 bridgehead atoms. The van der Waals surface area contributed by atoms with E-state index in [0.717, 1.165) is 45.3 Å². The Morgan fingerprint density at radius 1 is 1.32 bits per heavy atom. The molecule has 0 atom stereocenters. The predicted octanol–water partition coefficient (Wildman–Crippen LogP) is 2.21. The zero-order valence-electron chi connectivity index (χ0n) is 11.8. The Bertz CT molecular complexity index is 307. The summed E-state index contributed by atoms with van der Waals surface area (Å²) in [6, 6.07) is 0.239. The van der Waals surface area contributed by atoms with Gasteiger partial charge in [0.25, 0.3) is 5.91 Å². The average molecular weight is 267 g/mol. The second kappa shape index (κ2) is 8.88. The summed E-state index contributed by atoms with van der Waals surface area (Å²) in [7, 11) is 1.70. The fourth-order valence-electron chi connectivity index (χ4n) is 2.20. The molecule has 1 aliphatic carbocycles. The predicted molar refractivity (Wildman–Crippen MR) is 76.0 cm³/mol. The van der Waals surface area contributed by atoms with Crippen LogP contribution in [0.25, 0.3) is 0 Å². The molecule has 1 aliphatic rings. The largest absolute Gasteiger partial charge is 0.385 e. The van der Waals surface area contributed by atoms with Gasteiger partial charge in [-0.05, 0) is 32.1 Å². The van der Waals surface area contributed by atoms with Gasteiger partial charge in [0.05, 0.1) is 6.10 Å². The van der Waals surface area contributed by atoms with Gasteiger partial charge in [0, 0.05) is 31.9 Å². The third-order valence-corrected chi connectivity index (χ3v) is 3.39.